The summed E-state index contributed by atoms with van der Waals surface area (Å²) in [4.78, 5) is 0. The van der Waals surface area contributed by atoms with E-state index in [2.05, 4.69) is 55.5 Å². The largest absolute Gasteiger partial charge is 0.320 e. The van der Waals surface area contributed by atoms with Crippen molar-refractivity contribution >= 4 is 0 Å². The monoisotopic (exact) mass is 279 g/mol. The van der Waals surface area contributed by atoms with E-state index in [-0.39, 0.29) is 6.04 Å². The summed E-state index contributed by atoms with van der Waals surface area (Å²) in [5, 5.41) is 0. The Labute approximate surface area is 128 Å². The van der Waals surface area contributed by atoms with Crippen LogP contribution in [0.4, 0.5) is 0 Å². The Morgan fingerprint density at radius 1 is 0.905 bits per heavy atom. The molecule has 1 atom stereocenters. The van der Waals surface area contributed by atoms with E-state index in [1.807, 2.05) is 0 Å². The maximum absolute atomic E-state index is 6.46. The number of nitrogens with two attached hydrogens (primary N) is 1. The second-order valence-electron chi connectivity index (χ2n) is 6.39. The molecule has 1 heteroatoms. The first-order valence-corrected chi connectivity index (χ1v) is 8.16. The van der Waals surface area contributed by atoms with Gasteiger partial charge < -0.3 is 5.73 Å². The summed E-state index contributed by atoms with van der Waals surface area (Å²) >= 11 is 0. The van der Waals surface area contributed by atoms with E-state index < -0.39 is 0 Å². The molecular formula is C20H25N. The van der Waals surface area contributed by atoms with E-state index in [0.717, 1.165) is 5.92 Å². The summed E-state index contributed by atoms with van der Waals surface area (Å²) in [6.45, 7) is 2.11. The molecule has 1 aliphatic rings. The normalized spacial score (nSPS) is 17.6. The van der Waals surface area contributed by atoms with E-state index in [0.29, 0.717) is 0 Å². The molecule has 1 fully saturated rings. The third kappa shape index (κ3) is 3.36. The fraction of sp³-hybridized carbons (Fsp3) is 0.400. The standard InChI is InChI=1S/C20H25N/c1-15-10-12-17(13-11-15)20(21)19-9-5-8-18(14-19)16-6-3-2-4-7-16/h5,8-14,16,20H,2-4,6-7,21H2,1H3. The second kappa shape index (κ2) is 6.44. The van der Waals surface area contributed by atoms with E-state index >= 15 is 0 Å². The van der Waals surface area contributed by atoms with Crippen molar-refractivity contribution in [2.75, 3.05) is 0 Å². The zero-order valence-electron chi connectivity index (χ0n) is 12.9. The van der Waals surface area contributed by atoms with Crippen LogP contribution in [-0.2, 0) is 0 Å². The van der Waals surface area contributed by atoms with E-state index in [4.69, 9.17) is 5.73 Å². The van der Waals surface area contributed by atoms with E-state index in [1.54, 1.807) is 0 Å². The average molecular weight is 279 g/mol. The number of aryl methyl sites for hydroxylation is 1. The number of rotatable bonds is 3. The number of hydrogen-bond donors (Lipinski definition) is 1. The molecule has 0 heterocycles. The van der Waals surface area contributed by atoms with Gasteiger partial charge in [0, 0.05) is 0 Å². The molecule has 2 aromatic rings. The zero-order valence-corrected chi connectivity index (χ0v) is 12.9. The minimum Gasteiger partial charge on any atom is -0.320 e. The summed E-state index contributed by atoms with van der Waals surface area (Å²) in [6, 6.07) is 17.5. The van der Waals surface area contributed by atoms with Gasteiger partial charge in [-0.3, -0.25) is 0 Å². The van der Waals surface area contributed by atoms with Crippen molar-refractivity contribution < 1.29 is 0 Å². The van der Waals surface area contributed by atoms with Crippen molar-refractivity contribution in [2.24, 2.45) is 5.73 Å². The molecule has 0 saturated heterocycles. The Kier molecular flexibility index (Phi) is 4.40. The van der Waals surface area contributed by atoms with E-state index in [1.165, 1.54) is 54.4 Å². The summed E-state index contributed by atoms with van der Waals surface area (Å²) in [5.74, 6) is 0.740. The van der Waals surface area contributed by atoms with Crippen LogP contribution >= 0.6 is 0 Å². The second-order valence-corrected chi connectivity index (χ2v) is 6.39. The molecule has 0 amide bonds. The molecule has 1 saturated carbocycles. The van der Waals surface area contributed by atoms with Crippen molar-refractivity contribution in [2.45, 2.75) is 51.0 Å². The Balaban J connectivity index is 1.83. The summed E-state index contributed by atoms with van der Waals surface area (Å²) in [5.41, 5.74) is 11.7. The molecule has 110 valence electrons. The fourth-order valence-corrected chi connectivity index (χ4v) is 3.41. The molecule has 0 radical (unpaired) electrons. The van der Waals surface area contributed by atoms with Gasteiger partial charge in [-0.05, 0) is 42.4 Å². The first-order valence-electron chi connectivity index (χ1n) is 8.16. The highest BCUT2D eigenvalue weighted by Gasteiger charge is 2.17. The minimum absolute atomic E-state index is 0.0193. The summed E-state index contributed by atoms with van der Waals surface area (Å²) < 4.78 is 0. The predicted molar refractivity (Wildman–Crippen MR) is 89.5 cm³/mol. The van der Waals surface area contributed by atoms with Crippen LogP contribution in [0.1, 0.15) is 66.3 Å². The summed E-state index contributed by atoms with van der Waals surface area (Å²) in [6.07, 6.45) is 6.82. The van der Waals surface area contributed by atoms with Crippen LogP contribution < -0.4 is 5.73 Å². The van der Waals surface area contributed by atoms with Gasteiger partial charge in [0.25, 0.3) is 0 Å². The topological polar surface area (TPSA) is 26.0 Å². The van der Waals surface area contributed by atoms with Gasteiger partial charge in [0.2, 0.25) is 0 Å². The quantitative estimate of drug-likeness (QED) is 0.832. The molecule has 0 aromatic heterocycles. The molecule has 2 N–H and O–H groups in total. The smallest absolute Gasteiger partial charge is 0.0551 e. The van der Waals surface area contributed by atoms with Crippen molar-refractivity contribution in [3.05, 3.63) is 70.8 Å². The Morgan fingerprint density at radius 2 is 1.62 bits per heavy atom. The van der Waals surface area contributed by atoms with Crippen LogP contribution in [0.2, 0.25) is 0 Å². The number of hydrogen-bond acceptors (Lipinski definition) is 1. The number of benzene rings is 2. The Hall–Kier alpha value is -1.60. The SMILES string of the molecule is Cc1ccc(C(N)c2cccc(C3CCCCC3)c2)cc1. The van der Waals surface area contributed by atoms with Crippen molar-refractivity contribution in [1.29, 1.82) is 0 Å². The first kappa shape index (κ1) is 14.3. The van der Waals surface area contributed by atoms with E-state index in [9.17, 15) is 0 Å². The molecule has 0 spiro atoms. The molecule has 0 bridgehead atoms. The fourth-order valence-electron chi connectivity index (χ4n) is 3.41. The van der Waals surface area contributed by atoms with Crippen LogP contribution in [0.3, 0.4) is 0 Å². The van der Waals surface area contributed by atoms with Gasteiger partial charge in [0.05, 0.1) is 6.04 Å². The molecule has 3 rings (SSSR count). The first-order chi connectivity index (χ1) is 10.2. The molecular weight excluding hydrogens is 254 g/mol. The van der Waals surface area contributed by atoms with Gasteiger partial charge in [-0.1, -0.05) is 73.4 Å². The van der Waals surface area contributed by atoms with Gasteiger partial charge in [-0.2, -0.15) is 0 Å². The van der Waals surface area contributed by atoms with Crippen LogP contribution in [0, 0.1) is 6.92 Å². The summed E-state index contributed by atoms with van der Waals surface area (Å²) in [7, 11) is 0. The average Bonchev–Trinajstić information content (AvgIpc) is 2.56. The van der Waals surface area contributed by atoms with Crippen LogP contribution in [-0.4, -0.2) is 0 Å². The van der Waals surface area contributed by atoms with Crippen molar-refractivity contribution in [3.63, 3.8) is 0 Å². The van der Waals surface area contributed by atoms with Crippen LogP contribution in [0.5, 0.6) is 0 Å². The minimum atomic E-state index is -0.0193. The van der Waals surface area contributed by atoms with Crippen molar-refractivity contribution in [1.82, 2.24) is 0 Å². The zero-order chi connectivity index (χ0) is 14.7. The van der Waals surface area contributed by atoms with Crippen LogP contribution in [0.25, 0.3) is 0 Å². The van der Waals surface area contributed by atoms with Gasteiger partial charge >= 0.3 is 0 Å². The molecule has 1 unspecified atom stereocenters. The molecule has 1 aliphatic carbocycles. The van der Waals surface area contributed by atoms with Gasteiger partial charge in [-0.15, -0.1) is 0 Å². The molecule has 2 aromatic carbocycles. The lowest BCUT2D eigenvalue weighted by Crippen LogP contribution is -2.13. The van der Waals surface area contributed by atoms with Gasteiger partial charge in [0.15, 0.2) is 0 Å². The molecule has 1 nitrogen and oxygen atoms in total. The van der Waals surface area contributed by atoms with Crippen LogP contribution in [0.15, 0.2) is 48.5 Å². The third-order valence-electron chi connectivity index (χ3n) is 4.78. The lowest BCUT2D eigenvalue weighted by Gasteiger charge is -2.23. The molecule has 0 aliphatic heterocycles. The predicted octanol–water partition coefficient (Wildman–Crippen LogP) is 5.09. The maximum Gasteiger partial charge on any atom is 0.0551 e. The Bertz CT molecular complexity index is 579. The third-order valence-corrected chi connectivity index (χ3v) is 4.78. The lowest BCUT2D eigenvalue weighted by molar-refractivity contribution is 0.443. The molecule has 21 heavy (non-hydrogen) atoms. The Morgan fingerprint density at radius 3 is 2.33 bits per heavy atom. The highest BCUT2D eigenvalue weighted by molar-refractivity contribution is 5.36. The highest BCUT2D eigenvalue weighted by Crippen LogP contribution is 2.33. The van der Waals surface area contributed by atoms with Gasteiger partial charge in [-0.25, -0.2) is 0 Å². The van der Waals surface area contributed by atoms with Crippen molar-refractivity contribution in [3.8, 4) is 0 Å². The lowest BCUT2D eigenvalue weighted by atomic mass is 9.83. The highest BCUT2D eigenvalue weighted by atomic mass is 14.6. The maximum atomic E-state index is 6.46. The van der Waals surface area contributed by atoms with Gasteiger partial charge in [0.1, 0.15) is 0 Å².